The molecular formula is C20H20N4O2. The third kappa shape index (κ3) is 2.59. The molecule has 26 heavy (non-hydrogen) atoms. The second-order valence-electron chi connectivity index (χ2n) is 6.60. The van der Waals surface area contributed by atoms with Crippen LogP contribution in [0.25, 0.3) is 0 Å². The second-order valence-corrected chi connectivity index (χ2v) is 6.60. The van der Waals surface area contributed by atoms with Gasteiger partial charge >= 0.3 is 0 Å². The first-order valence-corrected chi connectivity index (χ1v) is 8.64. The Morgan fingerprint density at radius 3 is 2.23 bits per heavy atom. The number of benzene rings is 1. The van der Waals surface area contributed by atoms with Gasteiger partial charge in [-0.1, -0.05) is 36.4 Å². The van der Waals surface area contributed by atoms with Crippen LogP contribution in [0.2, 0.25) is 0 Å². The first kappa shape index (κ1) is 16.5. The summed E-state index contributed by atoms with van der Waals surface area (Å²) in [5.41, 5.74) is 5.47. The monoisotopic (exact) mass is 348 g/mol. The quantitative estimate of drug-likeness (QED) is 0.864. The third-order valence-electron chi connectivity index (χ3n) is 5.08. The Morgan fingerprint density at radius 2 is 1.62 bits per heavy atom. The number of nitrogens with one attached hydrogen (secondary N) is 1. The van der Waals surface area contributed by atoms with Crippen molar-refractivity contribution in [2.75, 3.05) is 5.01 Å². The summed E-state index contributed by atoms with van der Waals surface area (Å²) in [7, 11) is 0. The Balaban J connectivity index is 1.68. The van der Waals surface area contributed by atoms with Gasteiger partial charge in [-0.05, 0) is 31.5 Å². The number of nitrogens with zero attached hydrogens (tertiary/aromatic N) is 3. The molecule has 1 aromatic heterocycles. The van der Waals surface area contributed by atoms with E-state index in [-0.39, 0.29) is 17.9 Å². The molecule has 2 amide bonds. The highest BCUT2D eigenvalue weighted by atomic mass is 16.2. The van der Waals surface area contributed by atoms with Crippen LogP contribution in [0.15, 0.2) is 65.9 Å². The minimum atomic E-state index is -0.408. The Morgan fingerprint density at radius 1 is 0.962 bits per heavy atom. The summed E-state index contributed by atoms with van der Waals surface area (Å²) >= 11 is 0. The number of carbonyl (C=O) groups excluding carboxylic acids is 2. The van der Waals surface area contributed by atoms with Gasteiger partial charge in [0.25, 0.3) is 11.8 Å². The maximum absolute atomic E-state index is 12.6. The molecule has 1 N–H and O–H groups in total. The van der Waals surface area contributed by atoms with E-state index < -0.39 is 6.17 Å². The molecule has 2 unspecified atom stereocenters. The molecule has 2 aromatic rings. The molecule has 1 aromatic carbocycles. The van der Waals surface area contributed by atoms with Crippen LogP contribution < -0.4 is 10.4 Å². The Labute approximate surface area is 152 Å². The van der Waals surface area contributed by atoms with Crippen molar-refractivity contribution in [3.63, 3.8) is 0 Å². The number of carbonyl (C=O) groups is 2. The van der Waals surface area contributed by atoms with Crippen LogP contribution in [0.4, 0.5) is 5.82 Å². The maximum atomic E-state index is 12.6. The lowest BCUT2D eigenvalue weighted by Gasteiger charge is -2.26. The number of hydrogen-bond donors (Lipinski definition) is 1. The van der Waals surface area contributed by atoms with Crippen molar-refractivity contribution in [1.29, 1.82) is 0 Å². The van der Waals surface area contributed by atoms with Gasteiger partial charge in [0.15, 0.2) is 0 Å². The van der Waals surface area contributed by atoms with Crippen LogP contribution >= 0.6 is 0 Å². The summed E-state index contributed by atoms with van der Waals surface area (Å²) in [4.78, 5) is 30.9. The van der Waals surface area contributed by atoms with E-state index in [1.165, 1.54) is 4.90 Å². The van der Waals surface area contributed by atoms with Crippen molar-refractivity contribution in [3.8, 4) is 0 Å². The molecular weight excluding hydrogens is 328 g/mol. The molecule has 0 aliphatic carbocycles. The molecule has 1 saturated heterocycles. The number of amides is 2. The maximum Gasteiger partial charge on any atom is 0.258 e. The number of hydrogen-bond acceptors (Lipinski definition) is 5. The van der Waals surface area contributed by atoms with Crippen LogP contribution in [-0.2, 0) is 9.59 Å². The summed E-state index contributed by atoms with van der Waals surface area (Å²) in [6, 6.07) is 15.7. The SMILES string of the molecule is CC1=C(C)C(=O)N(C2CC(c3ccccc3)N(c3ccccn3)N2)C1=O. The lowest BCUT2D eigenvalue weighted by atomic mass is 10.0. The van der Waals surface area contributed by atoms with E-state index in [0.29, 0.717) is 17.6 Å². The van der Waals surface area contributed by atoms with E-state index in [4.69, 9.17) is 0 Å². The highest BCUT2D eigenvalue weighted by molar-refractivity contribution is 6.19. The zero-order chi connectivity index (χ0) is 18.3. The smallest absolute Gasteiger partial charge is 0.258 e. The van der Waals surface area contributed by atoms with Gasteiger partial charge in [-0.2, -0.15) is 0 Å². The fourth-order valence-electron chi connectivity index (χ4n) is 3.52. The summed E-state index contributed by atoms with van der Waals surface area (Å²) in [5.74, 6) is 0.309. The fourth-order valence-corrected chi connectivity index (χ4v) is 3.52. The predicted molar refractivity (Wildman–Crippen MR) is 97.7 cm³/mol. The highest BCUT2D eigenvalue weighted by Gasteiger charge is 2.44. The second kappa shape index (κ2) is 6.38. The van der Waals surface area contributed by atoms with Crippen LogP contribution in [0.1, 0.15) is 31.9 Å². The van der Waals surface area contributed by atoms with Gasteiger partial charge in [-0.25, -0.2) is 10.4 Å². The number of imide groups is 1. The molecule has 2 atom stereocenters. The summed E-state index contributed by atoms with van der Waals surface area (Å²) in [5, 5.41) is 1.95. The van der Waals surface area contributed by atoms with E-state index >= 15 is 0 Å². The molecule has 1 fully saturated rings. The number of hydrazine groups is 1. The largest absolute Gasteiger partial charge is 0.283 e. The van der Waals surface area contributed by atoms with Gasteiger partial charge in [0.05, 0.1) is 6.04 Å². The zero-order valence-electron chi connectivity index (χ0n) is 14.7. The van der Waals surface area contributed by atoms with Crippen molar-refractivity contribution < 1.29 is 9.59 Å². The number of rotatable bonds is 3. The molecule has 0 radical (unpaired) electrons. The minimum Gasteiger partial charge on any atom is -0.283 e. The Bertz CT molecular complexity index is 808. The fraction of sp³-hybridized carbons (Fsp3) is 0.250. The first-order valence-electron chi connectivity index (χ1n) is 8.64. The predicted octanol–water partition coefficient (Wildman–Crippen LogP) is 2.57. The van der Waals surface area contributed by atoms with Gasteiger partial charge in [0.2, 0.25) is 0 Å². The van der Waals surface area contributed by atoms with Crippen molar-refractivity contribution in [3.05, 3.63) is 71.4 Å². The van der Waals surface area contributed by atoms with Crippen molar-refractivity contribution >= 4 is 17.6 Å². The standard InChI is InChI=1S/C20H20N4O2/c1-13-14(2)20(26)23(19(13)25)18-12-16(15-8-4-3-5-9-15)24(22-18)17-10-6-7-11-21-17/h3-11,16,18,22H,12H2,1-2H3. The van der Waals surface area contributed by atoms with Gasteiger partial charge in [-0.3, -0.25) is 19.5 Å². The van der Waals surface area contributed by atoms with Crippen molar-refractivity contribution in [2.24, 2.45) is 0 Å². The van der Waals surface area contributed by atoms with E-state index in [2.05, 4.69) is 10.4 Å². The zero-order valence-corrected chi connectivity index (χ0v) is 14.7. The average molecular weight is 348 g/mol. The normalized spacial score (nSPS) is 23.3. The van der Waals surface area contributed by atoms with Gasteiger partial charge in [-0.15, -0.1) is 0 Å². The van der Waals surface area contributed by atoms with Gasteiger partial charge < -0.3 is 0 Å². The Kier molecular flexibility index (Phi) is 4.05. The van der Waals surface area contributed by atoms with Crippen molar-refractivity contribution in [2.45, 2.75) is 32.5 Å². The van der Waals surface area contributed by atoms with Crippen LogP contribution in [0.5, 0.6) is 0 Å². The molecule has 0 bridgehead atoms. The lowest BCUT2D eigenvalue weighted by molar-refractivity contribution is -0.140. The van der Waals surface area contributed by atoms with Crippen LogP contribution in [-0.4, -0.2) is 27.9 Å². The van der Waals surface area contributed by atoms with Gasteiger partial charge in [0.1, 0.15) is 12.0 Å². The molecule has 2 aliphatic rings. The van der Waals surface area contributed by atoms with Crippen LogP contribution in [0, 0.1) is 0 Å². The minimum absolute atomic E-state index is 0.0297. The first-order chi connectivity index (χ1) is 12.6. The highest BCUT2D eigenvalue weighted by Crippen LogP contribution is 2.36. The molecule has 6 heteroatoms. The lowest BCUT2D eigenvalue weighted by Crippen LogP contribution is -2.49. The molecule has 4 rings (SSSR count). The third-order valence-corrected chi connectivity index (χ3v) is 5.08. The molecule has 2 aliphatic heterocycles. The number of pyridine rings is 1. The average Bonchev–Trinajstić information content (AvgIpc) is 3.19. The van der Waals surface area contributed by atoms with Crippen molar-refractivity contribution in [1.82, 2.24) is 15.3 Å². The molecule has 6 nitrogen and oxygen atoms in total. The molecule has 3 heterocycles. The Hall–Kier alpha value is -2.99. The number of aromatic nitrogens is 1. The molecule has 0 spiro atoms. The van der Waals surface area contributed by atoms with Gasteiger partial charge in [0, 0.05) is 23.8 Å². The molecule has 0 saturated carbocycles. The van der Waals surface area contributed by atoms with E-state index in [1.54, 1.807) is 20.0 Å². The summed E-state index contributed by atoms with van der Waals surface area (Å²) < 4.78 is 0. The summed E-state index contributed by atoms with van der Waals surface area (Å²) in [6.07, 6.45) is 1.92. The van der Waals surface area contributed by atoms with E-state index in [0.717, 1.165) is 11.4 Å². The van der Waals surface area contributed by atoms with E-state index in [1.807, 2.05) is 53.5 Å². The molecule has 132 valence electrons. The van der Waals surface area contributed by atoms with Crippen LogP contribution in [0.3, 0.4) is 0 Å². The topological polar surface area (TPSA) is 65.5 Å². The number of anilines is 1. The van der Waals surface area contributed by atoms with E-state index in [9.17, 15) is 9.59 Å². The summed E-state index contributed by atoms with van der Waals surface area (Å²) in [6.45, 7) is 3.41.